The van der Waals surface area contributed by atoms with E-state index in [9.17, 15) is 24.3 Å². The maximum absolute atomic E-state index is 14.3. The highest BCUT2D eigenvalue weighted by Gasteiger charge is 2.62. The largest absolute Gasteiger partial charge is 0.497 e. The van der Waals surface area contributed by atoms with E-state index in [1.165, 1.54) is 43.3 Å². The van der Waals surface area contributed by atoms with Crippen molar-refractivity contribution in [3.63, 3.8) is 0 Å². The van der Waals surface area contributed by atoms with Gasteiger partial charge in [0.05, 0.1) is 29.4 Å². The molecule has 316 valence electrons. The normalized spacial score (nSPS) is 20.0. The molecule has 0 unspecified atom stereocenters. The quantitative estimate of drug-likeness (QED) is 0.0886. The second-order valence-corrected chi connectivity index (χ2v) is 15.1. The van der Waals surface area contributed by atoms with Crippen LogP contribution in [0.2, 0.25) is 0 Å². The van der Waals surface area contributed by atoms with E-state index >= 15 is 0 Å². The molecule has 6 atom stereocenters. The molecule has 11 heteroatoms. The molecule has 0 amide bonds. The number of aliphatic hydroxyl groups is 1. The Hall–Kier alpha value is -7.08. The molecule has 0 radical (unpaired) electrons. The lowest BCUT2D eigenvalue weighted by molar-refractivity contribution is -0.360. The van der Waals surface area contributed by atoms with Crippen molar-refractivity contribution in [2.75, 3.05) is 7.11 Å². The molecule has 1 fully saturated rings. The van der Waals surface area contributed by atoms with Crippen LogP contribution in [0.25, 0.3) is 0 Å². The Morgan fingerprint density at radius 1 is 0.613 bits per heavy atom. The summed E-state index contributed by atoms with van der Waals surface area (Å²) >= 11 is 0. The molecule has 0 bridgehead atoms. The first-order valence-corrected chi connectivity index (χ1v) is 20.1. The third-order valence-electron chi connectivity index (χ3n) is 10.7. The van der Waals surface area contributed by atoms with Crippen molar-refractivity contribution in [2.45, 2.75) is 63.5 Å². The summed E-state index contributed by atoms with van der Waals surface area (Å²) in [5.41, 5.74) is 3.71. The number of methoxy groups -OCH3 is 1. The zero-order chi connectivity index (χ0) is 43.8. The van der Waals surface area contributed by atoms with E-state index in [0.29, 0.717) is 11.3 Å². The van der Waals surface area contributed by atoms with Crippen molar-refractivity contribution in [1.82, 2.24) is 0 Å². The van der Waals surface area contributed by atoms with Crippen LogP contribution in [0.15, 0.2) is 158 Å². The van der Waals surface area contributed by atoms with Gasteiger partial charge in [0.15, 0.2) is 12.2 Å². The number of aryl methyl sites for hydroxylation is 2. The zero-order valence-corrected chi connectivity index (χ0v) is 34.6. The molecule has 0 saturated carbocycles. The summed E-state index contributed by atoms with van der Waals surface area (Å²) in [5, 5.41) is 13.6. The molecule has 1 heterocycles. The van der Waals surface area contributed by atoms with E-state index in [0.717, 1.165) is 16.7 Å². The highest BCUT2D eigenvalue weighted by atomic mass is 16.7. The standard InChI is InChI=1S/C51H46O11/c1-32-29-33(2)41(31-35-25-27-40(57-4)28-26-35)42(30-32)51(56)46(61-50(55)39-23-15-8-16-24-39)45(60-49(54)38-21-13-7-14-22-38)44(59-48(53)37-19-11-6-12-20-37)43(62-51)34(3)58-47(52)36-17-9-5-10-18-36/h5-30,34,43-46,56H,31H2,1-4H3/t34-,43+,44+,45-,46+,51+/m0/s1. The number of carbonyl (C=O) groups excluding carboxylic acids is 4. The molecule has 0 aromatic heterocycles. The average molecular weight is 835 g/mol. The van der Waals surface area contributed by atoms with Crippen LogP contribution < -0.4 is 4.74 Å². The fourth-order valence-corrected chi connectivity index (χ4v) is 7.58. The lowest BCUT2D eigenvalue weighted by Gasteiger charge is -2.50. The van der Waals surface area contributed by atoms with Crippen molar-refractivity contribution in [3.05, 3.63) is 208 Å². The molecule has 6 aromatic rings. The molecule has 7 rings (SSSR count). The van der Waals surface area contributed by atoms with E-state index in [-0.39, 0.29) is 34.2 Å². The number of rotatable bonds is 13. The number of ether oxygens (including phenoxy) is 6. The first-order valence-electron chi connectivity index (χ1n) is 20.1. The van der Waals surface area contributed by atoms with Gasteiger partial charge in [0.2, 0.25) is 11.9 Å². The van der Waals surface area contributed by atoms with Crippen LogP contribution in [-0.2, 0) is 35.9 Å². The number of hydrogen-bond acceptors (Lipinski definition) is 11. The zero-order valence-electron chi connectivity index (χ0n) is 34.6. The third kappa shape index (κ3) is 9.60. The first-order chi connectivity index (χ1) is 29.9. The number of carbonyl (C=O) groups is 4. The topological polar surface area (TPSA) is 144 Å². The molecule has 1 aliphatic heterocycles. The number of benzene rings is 6. The number of hydrogen-bond donors (Lipinski definition) is 1. The van der Waals surface area contributed by atoms with Crippen LogP contribution in [0.1, 0.15) is 76.2 Å². The highest BCUT2D eigenvalue weighted by Crippen LogP contribution is 2.45. The maximum Gasteiger partial charge on any atom is 0.338 e. The summed E-state index contributed by atoms with van der Waals surface area (Å²) in [4.78, 5) is 56.3. The Balaban J connectivity index is 1.44. The van der Waals surface area contributed by atoms with Crippen LogP contribution in [0.3, 0.4) is 0 Å². The Morgan fingerprint density at radius 2 is 1.06 bits per heavy atom. The Labute approximate surface area is 359 Å². The van der Waals surface area contributed by atoms with Gasteiger partial charge >= 0.3 is 23.9 Å². The minimum Gasteiger partial charge on any atom is -0.497 e. The Bertz CT molecular complexity index is 2490. The Morgan fingerprint density at radius 3 is 1.55 bits per heavy atom. The average Bonchev–Trinajstić information content (AvgIpc) is 3.30. The van der Waals surface area contributed by atoms with Gasteiger partial charge in [-0.1, -0.05) is 103 Å². The molecule has 1 saturated heterocycles. The molecular formula is C51H46O11. The molecule has 1 N–H and O–H groups in total. The SMILES string of the molecule is COc1ccc(Cc2c(C)cc(C)cc2[C@@]2(O)O[C@H]([C@H](C)OC(=O)c3ccccc3)[C@@H](OC(=O)c3ccccc3)[C@H](OC(=O)c3ccccc3)[C@H]2OC(=O)c2ccccc2)cc1. The number of esters is 4. The van der Waals surface area contributed by atoms with Crippen LogP contribution >= 0.6 is 0 Å². The second kappa shape index (κ2) is 19.1. The smallest absolute Gasteiger partial charge is 0.338 e. The first kappa shape index (κ1) is 43.0. The lowest BCUT2D eigenvalue weighted by atomic mass is 9.81. The molecule has 11 nitrogen and oxygen atoms in total. The van der Waals surface area contributed by atoms with Crippen LogP contribution in [0.4, 0.5) is 0 Å². The van der Waals surface area contributed by atoms with Gasteiger partial charge < -0.3 is 33.5 Å². The Kier molecular flexibility index (Phi) is 13.3. The third-order valence-corrected chi connectivity index (χ3v) is 10.7. The van der Waals surface area contributed by atoms with E-state index in [4.69, 9.17) is 28.4 Å². The predicted molar refractivity (Wildman–Crippen MR) is 229 cm³/mol. The fourth-order valence-electron chi connectivity index (χ4n) is 7.58. The van der Waals surface area contributed by atoms with Gasteiger partial charge in [-0.3, -0.25) is 0 Å². The summed E-state index contributed by atoms with van der Waals surface area (Å²) in [7, 11) is 1.57. The summed E-state index contributed by atoms with van der Waals surface area (Å²) < 4.78 is 37.1. The van der Waals surface area contributed by atoms with Crippen molar-refractivity contribution >= 4 is 23.9 Å². The summed E-state index contributed by atoms with van der Waals surface area (Å²) in [6.07, 6.45) is -7.91. The highest BCUT2D eigenvalue weighted by molar-refractivity contribution is 5.91. The van der Waals surface area contributed by atoms with Crippen molar-refractivity contribution in [2.24, 2.45) is 0 Å². The molecule has 1 aliphatic rings. The van der Waals surface area contributed by atoms with Crippen LogP contribution in [-0.4, -0.2) is 66.6 Å². The van der Waals surface area contributed by atoms with Gasteiger partial charge in [-0.25, -0.2) is 19.2 Å². The lowest BCUT2D eigenvalue weighted by Crippen LogP contribution is -2.68. The van der Waals surface area contributed by atoms with E-state index in [1.807, 2.05) is 44.2 Å². The van der Waals surface area contributed by atoms with E-state index in [2.05, 4.69) is 0 Å². The van der Waals surface area contributed by atoms with E-state index < -0.39 is 60.2 Å². The van der Waals surface area contributed by atoms with Crippen molar-refractivity contribution < 1.29 is 52.7 Å². The molecule has 6 aromatic carbocycles. The minimum absolute atomic E-state index is 0.118. The molecular weight excluding hydrogens is 789 g/mol. The van der Waals surface area contributed by atoms with Crippen molar-refractivity contribution in [1.29, 1.82) is 0 Å². The monoisotopic (exact) mass is 834 g/mol. The maximum atomic E-state index is 14.3. The summed E-state index contributed by atoms with van der Waals surface area (Å²) in [6.45, 7) is 5.23. The van der Waals surface area contributed by atoms with E-state index in [1.54, 1.807) is 98.1 Å². The molecule has 0 aliphatic carbocycles. The van der Waals surface area contributed by atoms with Gasteiger partial charge in [0.25, 0.3) is 0 Å². The van der Waals surface area contributed by atoms with Gasteiger partial charge in [-0.05, 0) is 105 Å². The van der Waals surface area contributed by atoms with Gasteiger partial charge in [-0.2, -0.15) is 0 Å². The van der Waals surface area contributed by atoms with Gasteiger partial charge in [0, 0.05) is 5.56 Å². The van der Waals surface area contributed by atoms with Gasteiger partial charge in [-0.15, -0.1) is 0 Å². The minimum atomic E-state index is -2.65. The molecule has 62 heavy (non-hydrogen) atoms. The van der Waals surface area contributed by atoms with Crippen LogP contribution in [0, 0.1) is 13.8 Å². The summed E-state index contributed by atoms with van der Waals surface area (Å²) in [5.74, 6) is -5.37. The molecule has 0 spiro atoms. The summed E-state index contributed by atoms with van der Waals surface area (Å²) in [6, 6.07) is 43.6. The van der Waals surface area contributed by atoms with Crippen molar-refractivity contribution in [3.8, 4) is 5.75 Å². The fraction of sp³-hybridized carbons (Fsp3) is 0.216. The second-order valence-electron chi connectivity index (χ2n) is 15.1. The van der Waals surface area contributed by atoms with Crippen LogP contribution in [0.5, 0.6) is 5.75 Å². The van der Waals surface area contributed by atoms with Gasteiger partial charge in [0.1, 0.15) is 18.0 Å². The predicted octanol–water partition coefficient (Wildman–Crippen LogP) is 8.37.